The number of morpholine rings is 1. The number of nitrogens with zero attached hydrogens (tertiary/aromatic N) is 9. The molecule has 1 amide bonds. The largest absolute Gasteiger partial charge is 0.401 e. The summed E-state index contributed by atoms with van der Waals surface area (Å²) in [5.74, 6) is 1.68. The summed E-state index contributed by atoms with van der Waals surface area (Å²) >= 11 is 0. The fraction of sp³-hybridized carbons (Fsp3) is 0.500. The maximum Gasteiger partial charge on any atom is 0.401 e. The van der Waals surface area contributed by atoms with E-state index in [2.05, 4.69) is 4.90 Å². The summed E-state index contributed by atoms with van der Waals surface area (Å²) in [6.07, 6.45) is -3.60. The number of rotatable bonds is 5. The van der Waals surface area contributed by atoms with Gasteiger partial charge in [-0.2, -0.15) is 23.1 Å². The standard InChI is InChI=1S/C26H30F3N9O2/c1-3-19-30-17-6-4-5-7-18(17)38(19)25-32-21-20(22(33-25)36-12-14-40-15-13-36)31-23(34(21)2)24(39)37-10-8-35(9-11-37)16-26(27,28)29/h4-7H,3,8-16H2,1-2H3. The minimum absolute atomic E-state index is 0.145. The van der Waals surface area contributed by atoms with Gasteiger partial charge < -0.3 is 19.1 Å². The van der Waals surface area contributed by atoms with E-state index in [4.69, 9.17) is 24.7 Å². The first-order chi connectivity index (χ1) is 19.2. The van der Waals surface area contributed by atoms with Gasteiger partial charge in [0.15, 0.2) is 17.0 Å². The molecule has 0 unspecified atom stereocenters. The van der Waals surface area contributed by atoms with Crippen molar-refractivity contribution in [2.45, 2.75) is 19.5 Å². The van der Waals surface area contributed by atoms with Gasteiger partial charge in [-0.05, 0) is 12.1 Å². The number of imidazole rings is 2. The van der Waals surface area contributed by atoms with Crippen LogP contribution in [0.4, 0.5) is 19.0 Å². The van der Waals surface area contributed by atoms with Crippen LogP contribution in [-0.4, -0.2) is 110 Å². The minimum Gasteiger partial charge on any atom is -0.378 e. The number of benzene rings is 1. The summed E-state index contributed by atoms with van der Waals surface area (Å²) < 4.78 is 47.6. The molecule has 2 fully saturated rings. The first-order valence-corrected chi connectivity index (χ1v) is 13.4. The van der Waals surface area contributed by atoms with Gasteiger partial charge in [0.05, 0.1) is 30.8 Å². The van der Waals surface area contributed by atoms with E-state index in [-0.39, 0.29) is 37.9 Å². The van der Waals surface area contributed by atoms with Gasteiger partial charge in [0.1, 0.15) is 5.82 Å². The molecule has 0 aliphatic carbocycles. The van der Waals surface area contributed by atoms with Gasteiger partial charge in [0, 0.05) is 52.7 Å². The number of piperazine rings is 1. The van der Waals surface area contributed by atoms with Crippen molar-refractivity contribution in [3.8, 4) is 5.95 Å². The third-order valence-corrected chi connectivity index (χ3v) is 7.40. The van der Waals surface area contributed by atoms with Crippen LogP contribution in [0.3, 0.4) is 0 Å². The third kappa shape index (κ3) is 4.85. The number of carbonyl (C=O) groups is 1. The number of aromatic nitrogens is 6. The molecule has 0 bridgehead atoms. The second-order valence-electron chi connectivity index (χ2n) is 10.0. The lowest BCUT2D eigenvalue weighted by Gasteiger charge is -2.34. The van der Waals surface area contributed by atoms with E-state index in [1.807, 2.05) is 35.8 Å². The average Bonchev–Trinajstić information content (AvgIpc) is 3.50. The number of para-hydroxylation sites is 2. The van der Waals surface area contributed by atoms with E-state index in [1.54, 1.807) is 16.5 Å². The van der Waals surface area contributed by atoms with Gasteiger partial charge in [-0.3, -0.25) is 14.3 Å². The quantitative estimate of drug-likeness (QED) is 0.369. The Labute approximate surface area is 228 Å². The molecule has 4 aromatic rings. The Balaban J connectivity index is 1.41. The maximum atomic E-state index is 13.6. The SMILES string of the molecule is CCc1nc2ccccc2n1-c1nc(N2CCOCC2)c2nc(C(=O)N3CCN(CC(F)(F)F)CC3)n(C)c2n1. The molecule has 1 aromatic carbocycles. The smallest absolute Gasteiger partial charge is 0.378 e. The van der Waals surface area contributed by atoms with Crippen LogP contribution in [0.15, 0.2) is 24.3 Å². The first kappa shape index (κ1) is 26.4. The lowest BCUT2D eigenvalue weighted by atomic mass is 10.3. The van der Waals surface area contributed by atoms with Crippen LogP contribution in [0, 0.1) is 0 Å². The van der Waals surface area contributed by atoms with Crippen molar-refractivity contribution in [1.29, 1.82) is 0 Å². The van der Waals surface area contributed by atoms with E-state index in [9.17, 15) is 18.0 Å². The van der Waals surface area contributed by atoms with E-state index in [0.29, 0.717) is 55.7 Å². The molecule has 3 aromatic heterocycles. The Morgan fingerprint density at radius 2 is 1.70 bits per heavy atom. The zero-order valence-electron chi connectivity index (χ0n) is 22.4. The molecule has 0 atom stereocenters. The van der Waals surface area contributed by atoms with Crippen molar-refractivity contribution in [2.24, 2.45) is 7.05 Å². The van der Waals surface area contributed by atoms with Gasteiger partial charge in [-0.15, -0.1) is 0 Å². The second-order valence-corrected chi connectivity index (χ2v) is 10.0. The zero-order chi connectivity index (χ0) is 28.0. The van der Waals surface area contributed by atoms with E-state index in [1.165, 1.54) is 4.90 Å². The van der Waals surface area contributed by atoms with Gasteiger partial charge in [-0.1, -0.05) is 19.1 Å². The Bertz CT molecular complexity index is 1550. The molecule has 40 heavy (non-hydrogen) atoms. The number of aryl methyl sites for hydroxylation is 2. The summed E-state index contributed by atoms with van der Waals surface area (Å²) in [5, 5.41) is 0. The highest BCUT2D eigenvalue weighted by Crippen LogP contribution is 2.29. The van der Waals surface area contributed by atoms with E-state index < -0.39 is 12.7 Å². The van der Waals surface area contributed by atoms with Crippen LogP contribution < -0.4 is 4.90 Å². The Hall–Kier alpha value is -3.78. The van der Waals surface area contributed by atoms with Gasteiger partial charge in [-0.25, -0.2) is 9.97 Å². The zero-order valence-corrected chi connectivity index (χ0v) is 22.4. The Morgan fingerprint density at radius 1 is 0.975 bits per heavy atom. The van der Waals surface area contributed by atoms with Crippen molar-refractivity contribution in [2.75, 3.05) is 63.9 Å². The number of carbonyl (C=O) groups excluding carboxylic acids is 1. The molecular formula is C26H30F3N9O2. The van der Waals surface area contributed by atoms with Gasteiger partial charge >= 0.3 is 6.18 Å². The number of halogens is 3. The Morgan fingerprint density at radius 3 is 2.40 bits per heavy atom. The lowest BCUT2D eigenvalue weighted by Crippen LogP contribution is -2.51. The molecule has 2 aliphatic heterocycles. The normalized spacial score (nSPS) is 17.3. The highest BCUT2D eigenvalue weighted by molar-refractivity contribution is 5.96. The molecular weight excluding hydrogens is 527 g/mol. The number of alkyl halides is 3. The van der Waals surface area contributed by atoms with Crippen LogP contribution in [0.25, 0.3) is 28.1 Å². The highest BCUT2D eigenvalue weighted by atomic mass is 19.4. The number of fused-ring (bicyclic) bond motifs is 2. The predicted octanol–water partition coefficient (Wildman–Crippen LogP) is 2.42. The maximum absolute atomic E-state index is 13.6. The molecule has 0 N–H and O–H groups in total. The molecule has 5 heterocycles. The molecule has 0 saturated carbocycles. The third-order valence-electron chi connectivity index (χ3n) is 7.40. The Kier molecular flexibility index (Phi) is 6.82. The number of amides is 1. The number of ether oxygens (including phenoxy) is 1. The van der Waals surface area contributed by atoms with Crippen LogP contribution in [0.1, 0.15) is 23.4 Å². The van der Waals surface area contributed by atoms with E-state index in [0.717, 1.165) is 16.9 Å². The summed E-state index contributed by atoms with van der Waals surface area (Å²) in [7, 11) is 1.73. The topological polar surface area (TPSA) is 97.4 Å². The highest BCUT2D eigenvalue weighted by Gasteiger charge is 2.34. The van der Waals surface area contributed by atoms with Crippen LogP contribution >= 0.6 is 0 Å². The van der Waals surface area contributed by atoms with Crippen LogP contribution in [0.5, 0.6) is 0 Å². The first-order valence-electron chi connectivity index (χ1n) is 13.4. The van der Waals surface area contributed by atoms with Crippen molar-refractivity contribution in [1.82, 2.24) is 38.9 Å². The molecule has 212 valence electrons. The monoisotopic (exact) mass is 557 g/mol. The summed E-state index contributed by atoms with van der Waals surface area (Å²) in [4.78, 5) is 37.8. The van der Waals surface area contributed by atoms with E-state index >= 15 is 0 Å². The molecule has 6 rings (SSSR count). The second kappa shape index (κ2) is 10.3. The van der Waals surface area contributed by atoms with Crippen LogP contribution in [0.2, 0.25) is 0 Å². The average molecular weight is 558 g/mol. The van der Waals surface area contributed by atoms with Crippen molar-refractivity contribution in [3.05, 3.63) is 35.9 Å². The fourth-order valence-corrected chi connectivity index (χ4v) is 5.36. The molecule has 2 saturated heterocycles. The lowest BCUT2D eigenvalue weighted by molar-refractivity contribution is -0.148. The molecule has 14 heteroatoms. The number of hydrogen-bond donors (Lipinski definition) is 0. The van der Waals surface area contributed by atoms with Crippen molar-refractivity contribution in [3.63, 3.8) is 0 Å². The fourth-order valence-electron chi connectivity index (χ4n) is 5.36. The molecule has 2 aliphatic rings. The summed E-state index contributed by atoms with van der Waals surface area (Å²) in [6.45, 7) is 4.00. The van der Waals surface area contributed by atoms with Crippen molar-refractivity contribution < 1.29 is 22.7 Å². The molecule has 11 nitrogen and oxygen atoms in total. The van der Waals surface area contributed by atoms with Crippen LogP contribution in [-0.2, 0) is 18.2 Å². The van der Waals surface area contributed by atoms with Crippen molar-refractivity contribution >= 4 is 33.9 Å². The van der Waals surface area contributed by atoms with Gasteiger partial charge in [0.2, 0.25) is 11.8 Å². The molecule has 0 radical (unpaired) electrons. The minimum atomic E-state index is -4.27. The molecule has 0 spiro atoms. The summed E-state index contributed by atoms with van der Waals surface area (Å²) in [6, 6.07) is 7.79. The van der Waals surface area contributed by atoms with Gasteiger partial charge in [0.25, 0.3) is 5.91 Å². The summed E-state index contributed by atoms with van der Waals surface area (Å²) in [5.41, 5.74) is 2.70. The predicted molar refractivity (Wildman–Crippen MR) is 142 cm³/mol. The number of hydrogen-bond acceptors (Lipinski definition) is 8. The number of anilines is 1.